The zero-order chi connectivity index (χ0) is 14.8. The zero-order valence-corrected chi connectivity index (χ0v) is 14.3. The van der Waals surface area contributed by atoms with E-state index in [0.717, 1.165) is 19.6 Å². The third-order valence-electron chi connectivity index (χ3n) is 3.87. The van der Waals surface area contributed by atoms with Crippen LogP contribution in [0.5, 0.6) is 0 Å². The lowest BCUT2D eigenvalue weighted by molar-refractivity contribution is -0.0702. The van der Waals surface area contributed by atoms with Crippen molar-refractivity contribution < 1.29 is 4.74 Å². The Kier molecular flexibility index (Phi) is 5.21. The van der Waals surface area contributed by atoms with E-state index in [4.69, 9.17) is 9.72 Å². The SMILES string of the molecule is CC(C)NCc1sc(C2(C)CCCCO2)nc1C(C)C. The molecule has 1 aromatic heterocycles. The minimum atomic E-state index is -0.164. The summed E-state index contributed by atoms with van der Waals surface area (Å²) in [5, 5.41) is 4.68. The van der Waals surface area contributed by atoms with Gasteiger partial charge < -0.3 is 10.1 Å². The fourth-order valence-corrected chi connectivity index (χ4v) is 3.86. The first-order chi connectivity index (χ1) is 9.42. The van der Waals surface area contributed by atoms with E-state index in [2.05, 4.69) is 39.9 Å². The number of hydrogen-bond acceptors (Lipinski definition) is 4. The summed E-state index contributed by atoms with van der Waals surface area (Å²) in [7, 11) is 0. The molecule has 0 amide bonds. The van der Waals surface area contributed by atoms with E-state index in [0.29, 0.717) is 12.0 Å². The van der Waals surface area contributed by atoms with Crippen molar-refractivity contribution in [1.29, 1.82) is 0 Å². The number of aromatic nitrogens is 1. The Hall–Kier alpha value is -0.450. The van der Waals surface area contributed by atoms with Crippen molar-refractivity contribution in [3.63, 3.8) is 0 Å². The number of thiazole rings is 1. The zero-order valence-electron chi connectivity index (χ0n) is 13.5. The van der Waals surface area contributed by atoms with Crippen LogP contribution in [0.2, 0.25) is 0 Å². The van der Waals surface area contributed by atoms with Crippen molar-refractivity contribution in [3.05, 3.63) is 15.6 Å². The van der Waals surface area contributed by atoms with Crippen LogP contribution < -0.4 is 5.32 Å². The smallest absolute Gasteiger partial charge is 0.125 e. The molecule has 1 aliphatic rings. The van der Waals surface area contributed by atoms with E-state index >= 15 is 0 Å². The van der Waals surface area contributed by atoms with Crippen molar-refractivity contribution >= 4 is 11.3 Å². The molecule has 1 fully saturated rings. The maximum absolute atomic E-state index is 6.05. The summed E-state index contributed by atoms with van der Waals surface area (Å²) >= 11 is 1.84. The summed E-state index contributed by atoms with van der Waals surface area (Å²) in [5.41, 5.74) is 1.08. The lowest BCUT2D eigenvalue weighted by Crippen LogP contribution is -2.30. The highest BCUT2D eigenvalue weighted by atomic mass is 32.1. The second-order valence-corrected chi connectivity index (χ2v) is 7.64. The van der Waals surface area contributed by atoms with Crippen LogP contribution in [0.15, 0.2) is 0 Å². The Labute approximate surface area is 127 Å². The molecule has 114 valence electrons. The third kappa shape index (κ3) is 3.60. The Morgan fingerprint density at radius 1 is 1.30 bits per heavy atom. The van der Waals surface area contributed by atoms with Crippen molar-refractivity contribution in [2.75, 3.05) is 6.61 Å². The highest BCUT2D eigenvalue weighted by molar-refractivity contribution is 7.11. The van der Waals surface area contributed by atoms with Gasteiger partial charge in [-0.2, -0.15) is 0 Å². The Morgan fingerprint density at radius 3 is 2.60 bits per heavy atom. The van der Waals surface area contributed by atoms with Crippen molar-refractivity contribution in [2.24, 2.45) is 0 Å². The predicted molar refractivity (Wildman–Crippen MR) is 85.3 cm³/mol. The molecule has 1 aromatic rings. The van der Waals surface area contributed by atoms with Crippen molar-refractivity contribution in [2.45, 2.75) is 78.0 Å². The van der Waals surface area contributed by atoms with E-state index in [-0.39, 0.29) is 5.60 Å². The molecule has 1 N–H and O–H groups in total. The summed E-state index contributed by atoms with van der Waals surface area (Å²) in [6.45, 7) is 12.8. The normalized spacial score (nSPS) is 23.8. The highest BCUT2D eigenvalue weighted by Crippen LogP contribution is 2.39. The Morgan fingerprint density at radius 2 is 2.05 bits per heavy atom. The summed E-state index contributed by atoms with van der Waals surface area (Å²) < 4.78 is 6.05. The van der Waals surface area contributed by atoms with Crippen LogP contribution >= 0.6 is 11.3 Å². The average molecular weight is 296 g/mol. The fraction of sp³-hybridized carbons (Fsp3) is 0.812. The molecule has 20 heavy (non-hydrogen) atoms. The number of ether oxygens (including phenoxy) is 1. The van der Waals surface area contributed by atoms with Crippen LogP contribution in [0.25, 0.3) is 0 Å². The van der Waals surface area contributed by atoms with Gasteiger partial charge in [-0.05, 0) is 32.1 Å². The third-order valence-corrected chi connectivity index (χ3v) is 5.18. The topological polar surface area (TPSA) is 34.1 Å². The van der Waals surface area contributed by atoms with Crippen LogP contribution in [-0.4, -0.2) is 17.6 Å². The highest BCUT2D eigenvalue weighted by Gasteiger charge is 2.34. The molecule has 3 nitrogen and oxygen atoms in total. The molecule has 1 unspecified atom stereocenters. The second-order valence-electron chi connectivity index (χ2n) is 6.55. The quantitative estimate of drug-likeness (QED) is 0.885. The van der Waals surface area contributed by atoms with Gasteiger partial charge in [0.05, 0.1) is 5.69 Å². The molecule has 1 saturated heterocycles. The molecule has 1 aliphatic heterocycles. The summed E-state index contributed by atoms with van der Waals surface area (Å²) in [5.74, 6) is 0.469. The van der Waals surface area contributed by atoms with Gasteiger partial charge in [0.2, 0.25) is 0 Å². The van der Waals surface area contributed by atoms with Gasteiger partial charge >= 0.3 is 0 Å². The van der Waals surface area contributed by atoms with Crippen LogP contribution in [0.4, 0.5) is 0 Å². The first-order valence-electron chi connectivity index (χ1n) is 7.80. The predicted octanol–water partition coefficient (Wildman–Crippen LogP) is 4.18. The van der Waals surface area contributed by atoms with Crippen molar-refractivity contribution in [3.8, 4) is 0 Å². The minimum Gasteiger partial charge on any atom is -0.368 e. The lowest BCUT2D eigenvalue weighted by atomic mass is 9.96. The molecule has 0 aliphatic carbocycles. The molecular weight excluding hydrogens is 268 g/mol. The van der Waals surface area contributed by atoms with Gasteiger partial charge in [-0.25, -0.2) is 4.98 Å². The number of hydrogen-bond donors (Lipinski definition) is 1. The molecule has 0 aromatic carbocycles. The van der Waals surface area contributed by atoms with Crippen LogP contribution in [-0.2, 0) is 16.9 Å². The molecule has 4 heteroatoms. The van der Waals surface area contributed by atoms with Crippen LogP contribution in [0, 0.1) is 0 Å². The molecule has 1 atom stereocenters. The molecule has 2 heterocycles. The van der Waals surface area contributed by atoms with Crippen LogP contribution in [0.1, 0.15) is 75.4 Å². The monoisotopic (exact) mass is 296 g/mol. The fourth-order valence-electron chi connectivity index (χ4n) is 2.57. The summed E-state index contributed by atoms with van der Waals surface area (Å²) in [6.07, 6.45) is 3.52. The van der Waals surface area contributed by atoms with Crippen molar-refractivity contribution in [1.82, 2.24) is 10.3 Å². The number of nitrogens with zero attached hydrogens (tertiary/aromatic N) is 1. The van der Waals surface area contributed by atoms with Gasteiger partial charge in [-0.15, -0.1) is 11.3 Å². The summed E-state index contributed by atoms with van der Waals surface area (Å²) in [4.78, 5) is 6.31. The number of rotatable bonds is 5. The van der Waals surface area contributed by atoms with Crippen LogP contribution in [0.3, 0.4) is 0 Å². The summed E-state index contributed by atoms with van der Waals surface area (Å²) in [6, 6.07) is 0.502. The first-order valence-corrected chi connectivity index (χ1v) is 8.61. The average Bonchev–Trinajstić information content (AvgIpc) is 2.82. The van der Waals surface area contributed by atoms with E-state index in [9.17, 15) is 0 Å². The van der Waals surface area contributed by atoms with Gasteiger partial charge in [-0.3, -0.25) is 0 Å². The standard InChI is InChI=1S/C16H28N2OS/c1-11(2)14-13(10-17-12(3)4)20-15(18-14)16(5)8-6-7-9-19-16/h11-12,17H,6-10H2,1-5H3. The molecule has 2 rings (SSSR count). The van der Waals surface area contributed by atoms with E-state index in [1.165, 1.54) is 28.4 Å². The minimum absolute atomic E-state index is 0.164. The maximum atomic E-state index is 6.05. The van der Waals surface area contributed by atoms with E-state index in [1.807, 2.05) is 11.3 Å². The number of nitrogens with one attached hydrogen (secondary N) is 1. The van der Waals surface area contributed by atoms with Gasteiger partial charge in [0, 0.05) is 24.1 Å². The van der Waals surface area contributed by atoms with E-state index in [1.54, 1.807) is 0 Å². The largest absolute Gasteiger partial charge is 0.368 e. The van der Waals surface area contributed by atoms with Gasteiger partial charge in [0.25, 0.3) is 0 Å². The molecule has 0 bridgehead atoms. The van der Waals surface area contributed by atoms with E-state index < -0.39 is 0 Å². The molecule has 0 radical (unpaired) electrons. The maximum Gasteiger partial charge on any atom is 0.125 e. The van der Waals surface area contributed by atoms with Gasteiger partial charge in [0.15, 0.2) is 0 Å². The van der Waals surface area contributed by atoms with Gasteiger partial charge in [0.1, 0.15) is 10.6 Å². The van der Waals surface area contributed by atoms with Gasteiger partial charge in [-0.1, -0.05) is 27.7 Å². The Balaban J connectivity index is 2.23. The Bertz CT molecular complexity index is 434. The lowest BCUT2D eigenvalue weighted by Gasteiger charge is -2.31. The first kappa shape index (κ1) is 15.9. The second kappa shape index (κ2) is 6.54. The molecule has 0 saturated carbocycles. The molecular formula is C16H28N2OS. The molecule has 0 spiro atoms.